The molecule has 1 amide bonds. The van der Waals surface area contributed by atoms with Crippen LogP contribution in [0.1, 0.15) is 19.4 Å². The van der Waals surface area contributed by atoms with Gasteiger partial charge in [0.05, 0.1) is 16.8 Å². The highest BCUT2D eigenvalue weighted by molar-refractivity contribution is 7.14. The molecule has 0 unspecified atom stereocenters. The second kappa shape index (κ2) is 7.28. The van der Waals surface area contributed by atoms with Crippen LogP contribution in [-0.4, -0.2) is 27.9 Å². The van der Waals surface area contributed by atoms with Crippen molar-refractivity contribution < 1.29 is 4.79 Å². The van der Waals surface area contributed by atoms with Gasteiger partial charge in [0.25, 0.3) is 0 Å². The smallest absolute Gasteiger partial charge is 0.236 e. The van der Waals surface area contributed by atoms with E-state index in [2.05, 4.69) is 21.4 Å². The molecular weight excluding hydrogens is 406 g/mol. The highest BCUT2D eigenvalue weighted by Crippen LogP contribution is 2.42. The monoisotopic (exact) mass is 427 g/mol. The van der Waals surface area contributed by atoms with Gasteiger partial charge >= 0.3 is 0 Å². The Kier molecular flexibility index (Phi) is 4.55. The average molecular weight is 428 g/mol. The maximum Gasteiger partial charge on any atom is 0.236 e. The summed E-state index contributed by atoms with van der Waals surface area (Å²) < 4.78 is 0. The molecule has 31 heavy (non-hydrogen) atoms. The summed E-state index contributed by atoms with van der Waals surface area (Å²) in [6, 6.07) is 18.0. The summed E-state index contributed by atoms with van der Waals surface area (Å²) in [5, 5.41) is 6.04. The lowest BCUT2D eigenvalue weighted by Crippen LogP contribution is -2.33. The average Bonchev–Trinajstić information content (AvgIpc) is 3.32. The molecule has 7 heteroatoms. The molecule has 0 aliphatic carbocycles. The van der Waals surface area contributed by atoms with Crippen LogP contribution in [-0.2, 0) is 10.2 Å². The lowest BCUT2D eigenvalue weighted by atomic mass is 9.85. The second-order valence-electron chi connectivity index (χ2n) is 8.04. The number of anilines is 3. The molecule has 3 heterocycles. The predicted octanol–water partition coefficient (Wildman–Crippen LogP) is 5.26. The number of nitrogens with zero attached hydrogens (tertiary/aromatic N) is 4. The number of hydrogen-bond acceptors (Lipinski definition) is 6. The first-order chi connectivity index (χ1) is 14.9. The lowest BCUT2D eigenvalue weighted by Gasteiger charge is -2.16. The van der Waals surface area contributed by atoms with Crippen LogP contribution in [0.15, 0.2) is 66.3 Å². The molecule has 154 valence electrons. The Balaban J connectivity index is 1.41. The first-order valence-corrected chi connectivity index (χ1v) is 10.8. The molecule has 0 atom stereocenters. The molecule has 1 aliphatic heterocycles. The number of aromatic nitrogens is 3. The van der Waals surface area contributed by atoms with Crippen molar-refractivity contribution in [1.82, 2.24) is 15.0 Å². The minimum Gasteiger partial charge on any atom is -0.316 e. The van der Waals surface area contributed by atoms with Gasteiger partial charge in [-0.25, -0.2) is 15.0 Å². The minimum atomic E-state index is -0.536. The van der Waals surface area contributed by atoms with Crippen LogP contribution in [0.4, 0.5) is 16.6 Å². The lowest BCUT2D eigenvalue weighted by molar-refractivity contribution is -0.121. The van der Waals surface area contributed by atoms with Crippen LogP contribution in [0.2, 0.25) is 0 Å². The Hall–Kier alpha value is -3.58. The number of nitrogens with one attached hydrogen (secondary N) is 1. The van der Waals surface area contributed by atoms with Crippen LogP contribution in [0, 0.1) is 0 Å². The summed E-state index contributed by atoms with van der Waals surface area (Å²) in [7, 11) is 1.83. The third-order valence-corrected chi connectivity index (χ3v) is 6.40. The third-order valence-electron chi connectivity index (χ3n) is 5.64. The Bertz CT molecular complexity index is 1280. The molecule has 1 aliphatic rings. The molecule has 0 saturated heterocycles. The Labute approximate surface area is 184 Å². The molecular formula is C24H21N5OS. The quantitative estimate of drug-likeness (QED) is 0.481. The molecule has 5 rings (SSSR count). The largest absolute Gasteiger partial charge is 0.316 e. The van der Waals surface area contributed by atoms with Crippen LogP contribution in [0.25, 0.3) is 22.5 Å². The van der Waals surface area contributed by atoms with Crippen molar-refractivity contribution >= 4 is 33.9 Å². The Morgan fingerprint density at radius 1 is 0.968 bits per heavy atom. The number of likely N-dealkylation sites (N-methyl/N-ethyl adjacent to an activating group) is 1. The van der Waals surface area contributed by atoms with Crippen molar-refractivity contribution in [1.29, 1.82) is 0 Å². The number of hydrogen-bond donors (Lipinski definition) is 1. The van der Waals surface area contributed by atoms with Gasteiger partial charge in [-0.1, -0.05) is 36.4 Å². The van der Waals surface area contributed by atoms with E-state index in [4.69, 9.17) is 4.98 Å². The van der Waals surface area contributed by atoms with Gasteiger partial charge in [0.2, 0.25) is 5.91 Å². The fourth-order valence-corrected chi connectivity index (χ4v) is 4.62. The molecule has 6 nitrogen and oxygen atoms in total. The van der Waals surface area contributed by atoms with E-state index < -0.39 is 5.41 Å². The van der Waals surface area contributed by atoms with Crippen molar-refractivity contribution in [2.75, 3.05) is 17.3 Å². The molecule has 0 spiro atoms. The second-order valence-corrected chi connectivity index (χ2v) is 8.90. The Morgan fingerprint density at radius 2 is 1.77 bits per heavy atom. The summed E-state index contributed by atoms with van der Waals surface area (Å²) in [6.45, 7) is 3.93. The highest BCUT2D eigenvalue weighted by Gasteiger charge is 2.42. The predicted molar refractivity (Wildman–Crippen MR) is 125 cm³/mol. The van der Waals surface area contributed by atoms with Crippen molar-refractivity contribution in [2.24, 2.45) is 0 Å². The Morgan fingerprint density at radius 3 is 2.58 bits per heavy atom. The molecule has 4 aromatic rings. The van der Waals surface area contributed by atoms with Crippen LogP contribution >= 0.6 is 11.3 Å². The number of benzene rings is 2. The van der Waals surface area contributed by atoms with Crippen LogP contribution in [0.5, 0.6) is 0 Å². The molecule has 0 fully saturated rings. The molecule has 1 N–H and O–H groups in total. The zero-order chi connectivity index (χ0) is 21.6. The van der Waals surface area contributed by atoms with E-state index in [0.29, 0.717) is 5.82 Å². The van der Waals surface area contributed by atoms with E-state index in [1.807, 2.05) is 74.8 Å². The van der Waals surface area contributed by atoms with Gasteiger partial charge in [-0.15, -0.1) is 11.3 Å². The van der Waals surface area contributed by atoms with Gasteiger partial charge in [0, 0.05) is 35.3 Å². The van der Waals surface area contributed by atoms with Gasteiger partial charge in [-0.05, 0) is 31.5 Å². The van der Waals surface area contributed by atoms with Crippen molar-refractivity contribution in [3.63, 3.8) is 0 Å². The maximum absolute atomic E-state index is 12.6. The van der Waals surface area contributed by atoms with Gasteiger partial charge in [0.15, 0.2) is 5.13 Å². The van der Waals surface area contributed by atoms with E-state index >= 15 is 0 Å². The van der Waals surface area contributed by atoms with E-state index in [9.17, 15) is 4.79 Å². The van der Waals surface area contributed by atoms with E-state index in [1.165, 1.54) is 11.3 Å². The summed E-state index contributed by atoms with van der Waals surface area (Å²) in [4.78, 5) is 27.7. The van der Waals surface area contributed by atoms with Crippen LogP contribution < -0.4 is 10.2 Å². The molecule has 0 bridgehead atoms. The summed E-state index contributed by atoms with van der Waals surface area (Å²) in [5.74, 6) is 0.801. The van der Waals surface area contributed by atoms with E-state index in [0.717, 1.165) is 38.9 Å². The van der Waals surface area contributed by atoms with E-state index in [1.54, 1.807) is 11.2 Å². The number of amides is 1. The summed E-state index contributed by atoms with van der Waals surface area (Å²) in [5.41, 5.74) is 5.20. The normalized spacial score (nSPS) is 14.5. The number of thiazole rings is 1. The van der Waals surface area contributed by atoms with Gasteiger partial charge < -0.3 is 10.2 Å². The summed E-state index contributed by atoms with van der Waals surface area (Å²) >= 11 is 1.52. The molecule has 2 aromatic heterocycles. The number of carbonyl (C=O) groups excluding carboxylic acids is 1. The van der Waals surface area contributed by atoms with Crippen molar-refractivity contribution in [3.05, 3.63) is 71.9 Å². The topological polar surface area (TPSA) is 71.0 Å². The first kappa shape index (κ1) is 19.4. The highest BCUT2D eigenvalue weighted by atomic mass is 32.1. The zero-order valence-corrected chi connectivity index (χ0v) is 18.3. The van der Waals surface area contributed by atoms with Gasteiger partial charge in [-0.3, -0.25) is 4.79 Å². The molecule has 0 saturated carbocycles. The van der Waals surface area contributed by atoms with Gasteiger partial charge in [0.1, 0.15) is 12.1 Å². The molecule has 0 radical (unpaired) electrons. The fourth-order valence-electron chi connectivity index (χ4n) is 3.90. The summed E-state index contributed by atoms with van der Waals surface area (Å²) in [6.07, 6.45) is 1.55. The standard InChI is InChI=1S/C24H21N5OS/c1-24(2)17-11-16(9-10-20(17)29(3)22(24)30)19-13-31-23(27-19)28-21-12-18(25-14-26-21)15-7-5-4-6-8-15/h4-14H,1-3H3,(H,25,26,27,28). The number of fused-ring (bicyclic) bond motifs is 1. The third kappa shape index (κ3) is 3.37. The van der Waals surface area contributed by atoms with Crippen molar-refractivity contribution in [3.8, 4) is 22.5 Å². The van der Waals surface area contributed by atoms with Crippen LogP contribution in [0.3, 0.4) is 0 Å². The van der Waals surface area contributed by atoms with Crippen molar-refractivity contribution in [2.45, 2.75) is 19.3 Å². The minimum absolute atomic E-state index is 0.110. The first-order valence-electron chi connectivity index (χ1n) is 9.96. The van der Waals surface area contributed by atoms with E-state index in [-0.39, 0.29) is 5.91 Å². The number of rotatable bonds is 4. The maximum atomic E-state index is 12.6. The molecule has 2 aromatic carbocycles. The SMILES string of the molecule is CN1C(=O)C(C)(C)c2cc(-c3csc(Nc4cc(-c5ccccc5)ncn4)n3)ccc21. The van der Waals surface area contributed by atoms with Gasteiger partial charge in [-0.2, -0.15) is 0 Å². The fraction of sp³-hybridized carbons (Fsp3) is 0.167. The zero-order valence-electron chi connectivity index (χ0n) is 17.5. The number of carbonyl (C=O) groups is 1.